The second kappa shape index (κ2) is 5.59. The van der Waals surface area contributed by atoms with Gasteiger partial charge in [0.2, 0.25) is 0 Å². The highest BCUT2D eigenvalue weighted by atomic mass is 16.5. The highest BCUT2D eigenvalue weighted by Gasteiger charge is 2.12. The van der Waals surface area contributed by atoms with Gasteiger partial charge in [-0.2, -0.15) is 0 Å². The minimum atomic E-state index is 0.885. The summed E-state index contributed by atoms with van der Waals surface area (Å²) in [4.78, 5) is 0. The van der Waals surface area contributed by atoms with E-state index in [2.05, 4.69) is 6.92 Å². The highest BCUT2D eigenvalue weighted by molar-refractivity contribution is 4.62. The van der Waals surface area contributed by atoms with Crippen molar-refractivity contribution in [2.45, 2.75) is 45.4 Å². The summed E-state index contributed by atoms with van der Waals surface area (Å²) in [5.74, 6) is 0.885. The summed E-state index contributed by atoms with van der Waals surface area (Å²) >= 11 is 0. The third-order valence-corrected chi connectivity index (χ3v) is 2.47. The number of rotatable bonds is 4. The Bertz CT molecular complexity index is 84.9. The molecule has 0 N–H and O–H groups in total. The molecule has 0 radical (unpaired) electrons. The summed E-state index contributed by atoms with van der Waals surface area (Å²) in [5.41, 5.74) is 0. The van der Waals surface area contributed by atoms with Crippen LogP contribution in [0, 0.1) is 5.92 Å². The molecule has 1 unspecified atom stereocenters. The van der Waals surface area contributed by atoms with E-state index in [1.165, 1.54) is 38.5 Å². The van der Waals surface area contributed by atoms with Crippen molar-refractivity contribution in [1.82, 2.24) is 0 Å². The van der Waals surface area contributed by atoms with E-state index in [1.807, 2.05) is 0 Å². The number of ether oxygens (including phenoxy) is 1. The highest BCUT2D eigenvalue weighted by Crippen LogP contribution is 2.19. The molecule has 1 heteroatoms. The fraction of sp³-hybridized carbons (Fsp3) is 1.00. The van der Waals surface area contributed by atoms with Gasteiger partial charge in [0.25, 0.3) is 0 Å². The summed E-state index contributed by atoms with van der Waals surface area (Å²) in [5, 5.41) is 0. The van der Waals surface area contributed by atoms with Crippen LogP contribution < -0.4 is 0 Å². The second-order valence-electron chi connectivity index (χ2n) is 3.58. The van der Waals surface area contributed by atoms with Crippen LogP contribution in [0.1, 0.15) is 45.4 Å². The standard InChI is InChI=1S/C10H20O/c1-2-3-4-6-10-7-5-8-11-9-10/h10H,2-9H2,1H3. The molecule has 0 saturated carbocycles. The maximum Gasteiger partial charge on any atom is 0.0494 e. The third-order valence-electron chi connectivity index (χ3n) is 2.47. The van der Waals surface area contributed by atoms with Gasteiger partial charge >= 0.3 is 0 Å². The molecule has 0 aromatic carbocycles. The third kappa shape index (κ3) is 3.76. The molecule has 1 atom stereocenters. The van der Waals surface area contributed by atoms with Gasteiger partial charge in [0, 0.05) is 13.2 Å². The van der Waals surface area contributed by atoms with E-state index in [9.17, 15) is 0 Å². The first-order valence-electron chi connectivity index (χ1n) is 5.01. The summed E-state index contributed by atoms with van der Waals surface area (Å²) in [6, 6.07) is 0. The Morgan fingerprint density at radius 1 is 1.36 bits per heavy atom. The van der Waals surface area contributed by atoms with Gasteiger partial charge in [0.15, 0.2) is 0 Å². The molecular weight excluding hydrogens is 136 g/mol. The Kier molecular flexibility index (Phi) is 4.60. The van der Waals surface area contributed by atoms with Gasteiger partial charge in [-0.05, 0) is 25.2 Å². The average molecular weight is 156 g/mol. The lowest BCUT2D eigenvalue weighted by molar-refractivity contribution is 0.0507. The van der Waals surface area contributed by atoms with Crippen LogP contribution in [0.25, 0.3) is 0 Å². The topological polar surface area (TPSA) is 9.23 Å². The fourth-order valence-corrected chi connectivity index (χ4v) is 1.72. The van der Waals surface area contributed by atoms with Crippen molar-refractivity contribution in [2.24, 2.45) is 5.92 Å². The second-order valence-corrected chi connectivity index (χ2v) is 3.58. The zero-order chi connectivity index (χ0) is 7.94. The zero-order valence-electron chi connectivity index (χ0n) is 7.64. The van der Waals surface area contributed by atoms with Crippen molar-refractivity contribution in [3.05, 3.63) is 0 Å². The Morgan fingerprint density at radius 2 is 2.27 bits per heavy atom. The van der Waals surface area contributed by atoms with Crippen LogP contribution in [0.3, 0.4) is 0 Å². The minimum Gasteiger partial charge on any atom is -0.381 e. The molecule has 0 aliphatic carbocycles. The van der Waals surface area contributed by atoms with Gasteiger partial charge < -0.3 is 4.74 Å². The van der Waals surface area contributed by atoms with E-state index in [-0.39, 0.29) is 0 Å². The Balaban J connectivity index is 1.96. The van der Waals surface area contributed by atoms with Crippen LogP contribution in [0.4, 0.5) is 0 Å². The first kappa shape index (κ1) is 9.05. The minimum absolute atomic E-state index is 0.885. The maximum absolute atomic E-state index is 5.41. The van der Waals surface area contributed by atoms with E-state index in [1.54, 1.807) is 0 Å². The predicted molar refractivity (Wildman–Crippen MR) is 47.7 cm³/mol. The largest absolute Gasteiger partial charge is 0.381 e. The van der Waals surface area contributed by atoms with Crippen molar-refractivity contribution in [1.29, 1.82) is 0 Å². The lowest BCUT2D eigenvalue weighted by Crippen LogP contribution is -2.16. The molecule has 1 fully saturated rings. The lowest BCUT2D eigenvalue weighted by Gasteiger charge is -2.21. The van der Waals surface area contributed by atoms with E-state index < -0.39 is 0 Å². The zero-order valence-corrected chi connectivity index (χ0v) is 7.64. The van der Waals surface area contributed by atoms with E-state index in [0.717, 1.165) is 19.1 Å². The molecule has 1 aliphatic rings. The van der Waals surface area contributed by atoms with Crippen LogP contribution in [0.5, 0.6) is 0 Å². The maximum atomic E-state index is 5.41. The van der Waals surface area contributed by atoms with Crippen molar-refractivity contribution in [3.63, 3.8) is 0 Å². The molecule has 0 aromatic heterocycles. The molecule has 1 rings (SSSR count). The summed E-state index contributed by atoms with van der Waals surface area (Å²) < 4.78 is 5.41. The first-order chi connectivity index (χ1) is 5.43. The van der Waals surface area contributed by atoms with Gasteiger partial charge in [-0.1, -0.05) is 26.2 Å². The molecule has 1 nitrogen and oxygen atoms in total. The molecule has 0 bridgehead atoms. The summed E-state index contributed by atoms with van der Waals surface area (Å²) in [6.45, 7) is 4.30. The Labute approximate surface area is 70.1 Å². The van der Waals surface area contributed by atoms with Crippen molar-refractivity contribution < 1.29 is 4.74 Å². The Hall–Kier alpha value is -0.0400. The normalized spacial score (nSPS) is 25.4. The lowest BCUT2D eigenvalue weighted by atomic mass is 9.96. The summed E-state index contributed by atoms with van der Waals surface area (Å²) in [7, 11) is 0. The fourth-order valence-electron chi connectivity index (χ4n) is 1.72. The molecule has 0 aromatic rings. The average Bonchev–Trinajstić information content (AvgIpc) is 2.07. The first-order valence-corrected chi connectivity index (χ1v) is 5.01. The van der Waals surface area contributed by atoms with Crippen LogP contribution in [0.2, 0.25) is 0 Å². The Morgan fingerprint density at radius 3 is 2.91 bits per heavy atom. The number of unbranched alkanes of at least 4 members (excludes halogenated alkanes) is 2. The van der Waals surface area contributed by atoms with Crippen LogP contribution >= 0.6 is 0 Å². The number of hydrogen-bond acceptors (Lipinski definition) is 1. The van der Waals surface area contributed by atoms with E-state index in [0.29, 0.717) is 0 Å². The van der Waals surface area contributed by atoms with Crippen molar-refractivity contribution in [3.8, 4) is 0 Å². The smallest absolute Gasteiger partial charge is 0.0494 e. The van der Waals surface area contributed by atoms with Crippen LogP contribution in [-0.2, 0) is 4.74 Å². The molecular formula is C10H20O. The molecule has 1 heterocycles. The van der Waals surface area contributed by atoms with E-state index >= 15 is 0 Å². The predicted octanol–water partition coefficient (Wildman–Crippen LogP) is 2.99. The molecule has 1 aliphatic heterocycles. The summed E-state index contributed by atoms with van der Waals surface area (Å²) in [6.07, 6.45) is 8.24. The quantitative estimate of drug-likeness (QED) is 0.568. The van der Waals surface area contributed by atoms with Crippen LogP contribution in [-0.4, -0.2) is 13.2 Å². The van der Waals surface area contributed by atoms with E-state index in [4.69, 9.17) is 4.74 Å². The molecule has 0 amide bonds. The van der Waals surface area contributed by atoms with Gasteiger partial charge in [-0.3, -0.25) is 0 Å². The van der Waals surface area contributed by atoms with Crippen molar-refractivity contribution in [2.75, 3.05) is 13.2 Å². The molecule has 1 saturated heterocycles. The molecule has 66 valence electrons. The SMILES string of the molecule is CCCCCC1CCCOC1. The monoisotopic (exact) mass is 156 g/mol. The molecule has 0 spiro atoms. The van der Waals surface area contributed by atoms with Gasteiger partial charge in [-0.25, -0.2) is 0 Å². The van der Waals surface area contributed by atoms with Gasteiger partial charge in [0.05, 0.1) is 0 Å². The van der Waals surface area contributed by atoms with Gasteiger partial charge in [-0.15, -0.1) is 0 Å². The number of hydrogen-bond donors (Lipinski definition) is 0. The van der Waals surface area contributed by atoms with Gasteiger partial charge in [0.1, 0.15) is 0 Å². The van der Waals surface area contributed by atoms with Crippen molar-refractivity contribution >= 4 is 0 Å². The van der Waals surface area contributed by atoms with Crippen LogP contribution in [0.15, 0.2) is 0 Å². The molecule has 11 heavy (non-hydrogen) atoms.